The van der Waals surface area contributed by atoms with Crippen molar-refractivity contribution in [2.24, 2.45) is 0 Å². The lowest BCUT2D eigenvalue weighted by Gasteiger charge is -2.21. The normalized spacial score (nSPS) is 11.2. The Labute approximate surface area is 192 Å². The Kier molecular flexibility index (Phi) is 5.34. The number of aromatic amines is 1. The Morgan fingerprint density at radius 1 is 0.848 bits per heavy atom. The highest BCUT2D eigenvalue weighted by molar-refractivity contribution is 6.09. The van der Waals surface area contributed by atoms with Crippen molar-refractivity contribution >= 4 is 33.4 Å². The predicted octanol–water partition coefficient (Wildman–Crippen LogP) is 5.71. The summed E-state index contributed by atoms with van der Waals surface area (Å²) < 4.78 is 0. The number of hydrogen-bond donors (Lipinski definition) is 1. The van der Waals surface area contributed by atoms with Crippen molar-refractivity contribution in [3.63, 3.8) is 0 Å². The van der Waals surface area contributed by atoms with Crippen LogP contribution in [0.15, 0.2) is 66.7 Å². The molecule has 0 unspecified atom stereocenters. The number of rotatable bonds is 5. The molecule has 0 aliphatic heterocycles. The first-order chi connectivity index (χ1) is 16.1. The van der Waals surface area contributed by atoms with Crippen LogP contribution in [0.2, 0.25) is 0 Å². The first kappa shape index (κ1) is 20.8. The van der Waals surface area contributed by atoms with Crippen molar-refractivity contribution < 1.29 is 4.79 Å². The second-order valence-corrected chi connectivity index (χ2v) is 8.12. The molecule has 33 heavy (non-hydrogen) atoms. The van der Waals surface area contributed by atoms with E-state index in [0.717, 1.165) is 51.0 Å². The predicted molar refractivity (Wildman–Crippen MR) is 133 cm³/mol. The zero-order valence-electron chi connectivity index (χ0n) is 19.0. The standard InChI is InChI=1S/C27H25N5O/c1-4-20-16-24(31-30-20)22-14-10-18-8-9-19-11-15-23(29-26(19)25(18)28-22)27(33)32(5-2)21-12-6-17(3)7-13-21/h6-16H,4-5H2,1-3H3,(H,30,31). The number of anilines is 1. The lowest BCUT2D eigenvalue weighted by atomic mass is 10.1. The lowest BCUT2D eigenvalue weighted by Crippen LogP contribution is -2.31. The molecule has 0 aliphatic carbocycles. The van der Waals surface area contributed by atoms with Crippen LogP contribution in [0.5, 0.6) is 0 Å². The minimum atomic E-state index is -0.128. The summed E-state index contributed by atoms with van der Waals surface area (Å²) in [6.45, 7) is 6.64. The molecule has 3 aromatic heterocycles. The van der Waals surface area contributed by atoms with Gasteiger partial charge in [-0.1, -0.05) is 48.9 Å². The second kappa shape index (κ2) is 8.47. The zero-order valence-corrected chi connectivity index (χ0v) is 19.0. The third-order valence-electron chi connectivity index (χ3n) is 5.92. The van der Waals surface area contributed by atoms with Gasteiger partial charge in [0.25, 0.3) is 5.91 Å². The molecule has 0 saturated heterocycles. The molecule has 1 amide bonds. The molecule has 3 heterocycles. The first-order valence-corrected chi connectivity index (χ1v) is 11.2. The third-order valence-corrected chi connectivity index (χ3v) is 5.92. The molecule has 0 aliphatic rings. The van der Waals surface area contributed by atoms with Crippen molar-refractivity contribution in [2.45, 2.75) is 27.2 Å². The van der Waals surface area contributed by atoms with E-state index in [1.54, 1.807) is 11.0 Å². The van der Waals surface area contributed by atoms with Crippen LogP contribution in [0.3, 0.4) is 0 Å². The second-order valence-electron chi connectivity index (χ2n) is 8.12. The molecule has 5 rings (SSSR count). The van der Waals surface area contributed by atoms with Crippen molar-refractivity contribution in [2.75, 3.05) is 11.4 Å². The van der Waals surface area contributed by atoms with Gasteiger partial charge < -0.3 is 4.90 Å². The number of aromatic nitrogens is 4. The molecule has 0 saturated carbocycles. The van der Waals surface area contributed by atoms with Gasteiger partial charge in [-0.3, -0.25) is 9.89 Å². The van der Waals surface area contributed by atoms with E-state index < -0.39 is 0 Å². The van der Waals surface area contributed by atoms with E-state index in [1.807, 2.05) is 74.5 Å². The molecule has 2 aromatic carbocycles. The molecule has 5 aromatic rings. The molecule has 0 atom stereocenters. The Hall–Kier alpha value is -4.06. The molecular formula is C27H25N5O. The van der Waals surface area contributed by atoms with Gasteiger partial charge in [-0.25, -0.2) is 9.97 Å². The van der Waals surface area contributed by atoms with E-state index in [1.165, 1.54) is 0 Å². The van der Waals surface area contributed by atoms with Crippen LogP contribution in [0, 0.1) is 6.92 Å². The van der Waals surface area contributed by atoms with Gasteiger partial charge in [0.1, 0.15) is 11.4 Å². The molecule has 0 radical (unpaired) electrons. The maximum Gasteiger partial charge on any atom is 0.276 e. The molecule has 0 spiro atoms. The fourth-order valence-corrected chi connectivity index (χ4v) is 4.01. The Bertz CT molecular complexity index is 1470. The zero-order chi connectivity index (χ0) is 22.9. The average Bonchev–Trinajstić information content (AvgIpc) is 3.34. The quantitative estimate of drug-likeness (QED) is 0.359. The fourth-order valence-electron chi connectivity index (χ4n) is 4.01. The van der Waals surface area contributed by atoms with E-state index in [2.05, 4.69) is 17.1 Å². The summed E-state index contributed by atoms with van der Waals surface area (Å²) in [5.74, 6) is -0.128. The number of hydrogen-bond acceptors (Lipinski definition) is 4. The van der Waals surface area contributed by atoms with Gasteiger partial charge in [0.05, 0.1) is 16.7 Å². The van der Waals surface area contributed by atoms with Crippen molar-refractivity contribution in [1.82, 2.24) is 20.2 Å². The van der Waals surface area contributed by atoms with Crippen LogP contribution in [-0.2, 0) is 6.42 Å². The smallest absolute Gasteiger partial charge is 0.276 e. The molecule has 164 valence electrons. The minimum absolute atomic E-state index is 0.128. The fraction of sp³-hybridized carbons (Fsp3) is 0.185. The van der Waals surface area contributed by atoms with Gasteiger partial charge in [-0.2, -0.15) is 5.10 Å². The largest absolute Gasteiger partial charge is 0.307 e. The highest BCUT2D eigenvalue weighted by Crippen LogP contribution is 2.27. The summed E-state index contributed by atoms with van der Waals surface area (Å²) in [5.41, 5.74) is 6.53. The monoisotopic (exact) mass is 435 g/mol. The average molecular weight is 436 g/mol. The van der Waals surface area contributed by atoms with Crippen LogP contribution in [0.1, 0.15) is 35.6 Å². The number of amides is 1. The molecule has 0 fully saturated rings. The number of carbonyl (C=O) groups is 1. The highest BCUT2D eigenvalue weighted by Gasteiger charge is 2.19. The van der Waals surface area contributed by atoms with E-state index in [-0.39, 0.29) is 5.91 Å². The van der Waals surface area contributed by atoms with E-state index >= 15 is 0 Å². The maximum atomic E-state index is 13.4. The van der Waals surface area contributed by atoms with Crippen LogP contribution in [-0.4, -0.2) is 32.6 Å². The van der Waals surface area contributed by atoms with Gasteiger partial charge in [-0.15, -0.1) is 0 Å². The summed E-state index contributed by atoms with van der Waals surface area (Å²) in [6.07, 6.45) is 0.880. The van der Waals surface area contributed by atoms with Gasteiger partial charge >= 0.3 is 0 Å². The molecule has 6 nitrogen and oxygen atoms in total. The summed E-state index contributed by atoms with van der Waals surface area (Å²) >= 11 is 0. The number of aryl methyl sites for hydroxylation is 2. The van der Waals surface area contributed by atoms with Crippen molar-refractivity contribution in [3.8, 4) is 11.4 Å². The van der Waals surface area contributed by atoms with Gasteiger partial charge in [-0.05, 0) is 50.6 Å². The number of nitrogens with one attached hydrogen (secondary N) is 1. The van der Waals surface area contributed by atoms with Gasteiger partial charge in [0.2, 0.25) is 0 Å². The highest BCUT2D eigenvalue weighted by atomic mass is 16.2. The summed E-state index contributed by atoms with van der Waals surface area (Å²) in [4.78, 5) is 24.8. The third kappa shape index (κ3) is 3.84. The number of benzene rings is 2. The number of fused-ring (bicyclic) bond motifs is 3. The van der Waals surface area contributed by atoms with Crippen LogP contribution >= 0.6 is 0 Å². The van der Waals surface area contributed by atoms with Crippen molar-refractivity contribution in [3.05, 3.63) is 83.7 Å². The first-order valence-electron chi connectivity index (χ1n) is 11.2. The molecule has 6 heteroatoms. The molecule has 1 N–H and O–H groups in total. The maximum absolute atomic E-state index is 13.4. The van der Waals surface area contributed by atoms with Crippen LogP contribution in [0.25, 0.3) is 33.2 Å². The Morgan fingerprint density at radius 3 is 2.18 bits per heavy atom. The number of pyridine rings is 2. The summed E-state index contributed by atoms with van der Waals surface area (Å²) in [7, 11) is 0. The van der Waals surface area contributed by atoms with Crippen molar-refractivity contribution in [1.29, 1.82) is 0 Å². The van der Waals surface area contributed by atoms with E-state index in [9.17, 15) is 4.79 Å². The van der Waals surface area contributed by atoms with E-state index in [4.69, 9.17) is 9.97 Å². The number of nitrogens with zero attached hydrogens (tertiary/aromatic N) is 4. The topological polar surface area (TPSA) is 74.8 Å². The van der Waals surface area contributed by atoms with Gasteiger partial charge in [0, 0.05) is 28.7 Å². The molecule has 0 bridgehead atoms. The summed E-state index contributed by atoms with van der Waals surface area (Å²) in [5, 5.41) is 9.36. The van der Waals surface area contributed by atoms with Gasteiger partial charge in [0.15, 0.2) is 0 Å². The molecular weight excluding hydrogens is 410 g/mol. The Balaban J connectivity index is 1.60. The minimum Gasteiger partial charge on any atom is -0.307 e. The summed E-state index contributed by atoms with van der Waals surface area (Å²) in [6, 6.07) is 21.7. The number of carbonyl (C=O) groups excluding carboxylic acids is 1. The lowest BCUT2D eigenvalue weighted by molar-refractivity contribution is 0.0984. The SMILES string of the molecule is CCc1cc(-c2ccc3ccc4ccc(C(=O)N(CC)c5ccc(C)cc5)nc4c3n2)n[nH]1. The van der Waals surface area contributed by atoms with E-state index in [0.29, 0.717) is 17.8 Å². The Morgan fingerprint density at radius 2 is 1.52 bits per heavy atom. The van der Waals surface area contributed by atoms with Crippen LogP contribution < -0.4 is 4.90 Å². The van der Waals surface area contributed by atoms with Crippen LogP contribution in [0.4, 0.5) is 5.69 Å². The number of H-pyrrole nitrogens is 1.